The van der Waals surface area contributed by atoms with Crippen molar-refractivity contribution in [3.05, 3.63) is 12.2 Å². The van der Waals surface area contributed by atoms with Crippen LogP contribution in [0.5, 0.6) is 0 Å². The van der Waals surface area contributed by atoms with E-state index >= 15 is 0 Å². The molecule has 4 heteroatoms. The Morgan fingerprint density at radius 3 is 1.70 bits per heavy atom. The summed E-state index contributed by atoms with van der Waals surface area (Å²) < 4.78 is 15.8. The molecule has 0 aliphatic carbocycles. The van der Waals surface area contributed by atoms with E-state index < -0.39 is 7.60 Å². The summed E-state index contributed by atoms with van der Waals surface area (Å²) in [5, 5.41) is 0. The van der Waals surface area contributed by atoms with Crippen molar-refractivity contribution in [3.63, 3.8) is 0 Å². The quantitative estimate of drug-likeness (QED) is 0.178. The lowest BCUT2D eigenvalue weighted by Gasteiger charge is -2.07. The maximum Gasteiger partial charge on any atom is 0.327 e. The van der Waals surface area contributed by atoms with Crippen LogP contribution in [0.15, 0.2) is 12.2 Å². The first-order valence-corrected chi connectivity index (χ1v) is 11.4. The van der Waals surface area contributed by atoms with Crippen LogP contribution in [0.3, 0.4) is 0 Å². The van der Waals surface area contributed by atoms with Crippen molar-refractivity contribution >= 4 is 7.60 Å². The molecule has 0 aromatic rings. The van der Waals surface area contributed by atoms with Gasteiger partial charge in [-0.2, -0.15) is 0 Å². The third-order valence-electron chi connectivity index (χ3n) is 4.24. The van der Waals surface area contributed by atoms with Crippen molar-refractivity contribution in [2.24, 2.45) is 0 Å². The predicted molar refractivity (Wildman–Crippen MR) is 101 cm³/mol. The maximum absolute atomic E-state index is 11.3. The number of unbranched alkanes of at least 4 members (excludes halogenated alkanes) is 12. The second-order valence-corrected chi connectivity index (χ2v) is 8.57. The molecule has 23 heavy (non-hydrogen) atoms. The third kappa shape index (κ3) is 18.1. The number of hydrogen-bond donors (Lipinski definition) is 1. The fraction of sp³-hybridized carbons (Fsp3) is 0.895. The SMILES string of the molecule is CCCCCCCCC=CCCCCCCCCP(=O)(O)OC. The van der Waals surface area contributed by atoms with E-state index in [1.807, 2.05) is 0 Å². The third-order valence-corrected chi connectivity index (χ3v) is 5.69. The highest BCUT2D eigenvalue weighted by molar-refractivity contribution is 7.52. The Morgan fingerprint density at radius 1 is 0.783 bits per heavy atom. The lowest BCUT2D eigenvalue weighted by atomic mass is 10.1. The number of rotatable bonds is 17. The molecule has 1 atom stereocenters. The Morgan fingerprint density at radius 2 is 1.22 bits per heavy atom. The largest absolute Gasteiger partial charge is 0.327 e. The zero-order valence-corrected chi connectivity index (χ0v) is 16.4. The molecular formula is C19H39O3P. The Labute approximate surface area is 144 Å². The molecule has 0 aromatic carbocycles. The lowest BCUT2D eigenvalue weighted by molar-refractivity contribution is 0.314. The summed E-state index contributed by atoms with van der Waals surface area (Å²) in [5.74, 6) is 0. The molecule has 0 amide bonds. The van der Waals surface area contributed by atoms with Crippen LogP contribution in [0.4, 0.5) is 0 Å². The summed E-state index contributed by atoms with van der Waals surface area (Å²) >= 11 is 0. The van der Waals surface area contributed by atoms with E-state index in [0.717, 1.165) is 19.3 Å². The van der Waals surface area contributed by atoms with E-state index in [1.165, 1.54) is 77.7 Å². The minimum Gasteiger partial charge on any atom is -0.324 e. The number of allylic oxidation sites excluding steroid dienone is 2. The van der Waals surface area contributed by atoms with Gasteiger partial charge < -0.3 is 9.42 Å². The summed E-state index contributed by atoms with van der Waals surface area (Å²) in [6.07, 6.45) is 22.4. The molecule has 0 aromatic heterocycles. The van der Waals surface area contributed by atoms with Gasteiger partial charge in [0.25, 0.3) is 0 Å². The van der Waals surface area contributed by atoms with Crippen molar-refractivity contribution < 1.29 is 14.0 Å². The zero-order valence-electron chi connectivity index (χ0n) is 15.5. The Bertz CT molecular complexity index is 316. The van der Waals surface area contributed by atoms with E-state index in [4.69, 9.17) is 0 Å². The number of hydrogen-bond acceptors (Lipinski definition) is 2. The van der Waals surface area contributed by atoms with Crippen LogP contribution in [0.1, 0.15) is 96.8 Å². The Balaban J connectivity index is 3.18. The minimum absolute atomic E-state index is 0.296. The fourth-order valence-corrected chi connectivity index (χ4v) is 3.46. The molecule has 0 fully saturated rings. The average molecular weight is 346 g/mol. The summed E-state index contributed by atoms with van der Waals surface area (Å²) in [6.45, 7) is 2.26. The first kappa shape index (κ1) is 22.9. The molecule has 0 saturated carbocycles. The van der Waals surface area contributed by atoms with Gasteiger partial charge in [0.2, 0.25) is 0 Å². The molecule has 1 N–H and O–H groups in total. The fourth-order valence-electron chi connectivity index (χ4n) is 2.65. The molecular weight excluding hydrogens is 307 g/mol. The Kier molecular flexibility index (Phi) is 16.7. The van der Waals surface area contributed by atoms with Crippen LogP contribution in [-0.2, 0) is 9.09 Å². The van der Waals surface area contributed by atoms with E-state index in [-0.39, 0.29) is 0 Å². The monoisotopic (exact) mass is 346 g/mol. The average Bonchev–Trinajstić information content (AvgIpc) is 2.54. The molecule has 0 heterocycles. The molecule has 0 bridgehead atoms. The topological polar surface area (TPSA) is 46.5 Å². The molecule has 1 unspecified atom stereocenters. The highest BCUT2D eigenvalue weighted by Gasteiger charge is 2.15. The molecule has 0 aliphatic rings. The van der Waals surface area contributed by atoms with Gasteiger partial charge in [-0.3, -0.25) is 4.57 Å². The molecule has 0 saturated heterocycles. The van der Waals surface area contributed by atoms with Gasteiger partial charge in [-0.15, -0.1) is 0 Å². The van der Waals surface area contributed by atoms with Crippen LogP contribution >= 0.6 is 7.60 Å². The predicted octanol–water partition coefficient (Wildman–Crippen LogP) is 6.86. The second kappa shape index (κ2) is 16.7. The van der Waals surface area contributed by atoms with Gasteiger partial charge in [0.15, 0.2) is 0 Å². The van der Waals surface area contributed by atoms with Gasteiger partial charge in [-0.25, -0.2) is 0 Å². The van der Waals surface area contributed by atoms with Gasteiger partial charge in [-0.05, 0) is 32.1 Å². The summed E-state index contributed by atoms with van der Waals surface area (Å²) in [5.41, 5.74) is 0. The maximum atomic E-state index is 11.3. The van der Waals surface area contributed by atoms with E-state index in [1.54, 1.807) is 0 Å². The molecule has 0 radical (unpaired) electrons. The highest BCUT2D eigenvalue weighted by atomic mass is 31.2. The van der Waals surface area contributed by atoms with Gasteiger partial charge >= 0.3 is 7.60 Å². The van der Waals surface area contributed by atoms with E-state index in [0.29, 0.717) is 6.16 Å². The standard InChI is InChI=1S/C19H39O3P/c1-3-4-5-6-7-8-9-10-11-12-13-14-15-16-17-18-19-23(20,21)22-2/h10-11H,3-9,12-19H2,1-2H3,(H,20,21). The summed E-state index contributed by atoms with van der Waals surface area (Å²) in [6, 6.07) is 0. The van der Waals surface area contributed by atoms with Gasteiger partial charge in [0.1, 0.15) is 0 Å². The second-order valence-electron chi connectivity index (χ2n) is 6.48. The molecule has 3 nitrogen and oxygen atoms in total. The normalized spacial score (nSPS) is 14.4. The van der Waals surface area contributed by atoms with Crippen LogP contribution in [0.2, 0.25) is 0 Å². The first-order chi connectivity index (χ1) is 11.1. The van der Waals surface area contributed by atoms with Crippen molar-refractivity contribution in [1.29, 1.82) is 0 Å². The van der Waals surface area contributed by atoms with E-state index in [2.05, 4.69) is 23.6 Å². The van der Waals surface area contributed by atoms with E-state index in [9.17, 15) is 9.46 Å². The molecule has 138 valence electrons. The minimum atomic E-state index is -3.27. The Hall–Kier alpha value is -0.110. The van der Waals surface area contributed by atoms with Crippen molar-refractivity contribution in [1.82, 2.24) is 0 Å². The van der Waals surface area contributed by atoms with Crippen LogP contribution in [0, 0.1) is 0 Å². The van der Waals surface area contributed by atoms with Crippen LogP contribution < -0.4 is 0 Å². The zero-order chi connectivity index (χ0) is 17.2. The molecule has 0 spiro atoms. The van der Waals surface area contributed by atoms with Gasteiger partial charge in [0, 0.05) is 13.3 Å². The van der Waals surface area contributed by atoms with Crippen molar-refractivity contribution in [2.45, 2.75) is 96.8 Å². The lowest BCUT2D eigenvalue weighted by Crippen LogP contribution is -1.91. The van der Waals surface area contributed by atoms with Crippen molar-refractivity contribution in [2.75, 3.05) is 13.3 Å². The van der Waals surface area contributed by atoms with Crippen molar-refractivity contribution in [3.8, 4) is 0 Å². The molecule has 0 aliphatic heterocycles. The summed E-state index contributed by atoms with van der Waals surface area (Å²) in [4.78, 5) is 9.26. The first-order valence-electron chi connectivity index (χ1n) is 9.65. The van der Waals surface area contributed by atoms with Gasteiger partial charge in [-0.1, -0.05) is 76.9 Å². The molecule has 0 rings (SSSR count). The van der Waals surface area contributed by atoms with Gasteiger partial charge in [0.05, 0.1) is 0 Å². The van der Waals surface area contributed by atoms with Crippen LogP contribution in [-0.4, -0.2) is 18.2 Å². The highest BCUT2D eigenvalue weighted by Crippen LogP contribution is 2.41. The van der Waals surface area contributed by atoms with Crippen LogP contribution in [0.25, 0.3) is 0 Å². The smallest absolute Gasteiger partial charge is 0.324 e. The summed E-state index contributed by atoms with van der Waals surface area (Å²) in [7, 11) is -1.96.